The van der Waals surface area contributed by atoms with E-state index in [1.54, 1.807) is 0 Å². The van der Waals surface area contributed by atoms with Crippen LogP contribution in [0.3, 0.4) is 0 Å². The van der Waals surface area contributed by atoms with Gasteiger partial charge in [0, 0.05) is 12.6 Å². The van der Waals surface area contributed by atoms with Gasteiger partial charge in [0.05, 0.1) is 6.54 Å². The van der Waals surface area contributed by atoms with Crippen LogP contribution in [0.5, 0.6) is 0 Å². The van der Waals surface area contributed by atoms with E-state index in [0.29, 0.717) is 19.4 Å². The van der Waals surface area contributed by atoms with Crippen molar-refractivity contribution < 1.29 is 19.2 Å². The van der Waals surface area contributed by atoms with Gasteiger partial charge in [-0.1, -0.05) is 0 Å². The number of piperazine rings is 1. The molecular weight excluding hydrogens is 276 g/mol. The van der Waals surface area contributed by atoms with Crippen LogP contribution in [0.1, 0.15) is 26.7 Å². The maximum atomic E-state index is 12.4. The SMILES string of the molecule is CC(C)NC(=O)[C@H]1CCCN1C(=O)[C@@H]1NC(=O)CNC1=O. The number of amides is 4. The summed E-state index contributed by atoms with van der Waals surface area (Å²) in [5.41, 5.74) is 0. The lowest BCUT2D eigenvalue weighted by atomic mass is 10.1. The number of carbonyl (C=O) groups is 4. The molecule has 2 aliphatic heterocycles. The predicted octanol–water partition coefficient (Wildman–Crippen LogP) is -1.88. The van der Waals surface area contributed by atoms with E-state index in [4.69, 9.17) is 0 Å². The monoisotopic (exact) mass is 296 g/mol. The molecule has 2 fully saturated rings. The Balaban J connectivity index is 2.08. The highest BCUT2D eigenvalue weighted by Gasteiger charge is 2.41. The zero-order chi connectivity index (χ0) is 15.6. The molecule has 0 aliphatic carbocycles. The Morgan fingerprint density at radius 3 is 2.71 bits per heavy atom. The Morgan fingerprint density at radius 2 is 2.05 bits per heavy atom. The molecule has 0 aromatic heterocycles. The van der Waals surface area contributed by atoms with E-state index >= 15 is 0 Å². The van der Waals surface area contributed by atoms with E-state index in [1.165, 1.54) is 4.90 Å². The molecule has 2 aliphatic rings. The highest BCUT2D eigenvalue weighted by Crippen LogP contribution is 2.19. The van der Waals surface area contributed by atoms with Crippen molar-refractivity contribution in [3.05, 3.63) is 0 Å². The number of carbonyl (C=O) groups excluding carboxylic acids is 4. The first kappa shape index (κ1) is 15.3. The molecule has 0 aromatic carbocycles. The maximum Gasteiger partial charge on any atom is 0.255 e. The molecule has 2 atom stereocenters. The van der Waals surface area contributed by atoms with Gasteiger partial charge in [0.25, 0.3) is 11.8 Å². The topological polar surface area (TPSA) is 108 Å². The second-order valence-electron chi connectivity index (χ2n) is 5.57. The van der Waals surface area contributed by atoms with E-state index in [-0.39, 0.29) is 18.5 Å². The van der Waals surface area contributed by atoms with Gasteiger partial charge in [0.1, 0.15) is 6.04 Å². The van der Waals surface area contributed by atoms with Crippen LogP contribution in [0.25, 0.3) is 0 Å². The zero-order valence-corrected chi connectivity index (χ0v) is 12.1. The first-order valence-electron chi connectivity index (χ1n) is 7.08. The van der Waals surface area contributed by atoms with Gasteiger partial charge in [-0.05, 0) is 26.7 Å². The quantitative estimate of drug-likeness (QED) is 0.530. The largest absolute Gasteiger partial charge is 0.352 e. The van der Waals surface area contributed by atoms with Gasteiger partial charge in [0.2, 0.25) is 11.8 Å². The van der Waals surface area contributed by atoms with Crippen molar-refractivity contribution in [3.8, 4) is 0 Å². The predicted molar refractivity (Wildman–Crippen MR) is 73.0 cm³/mol. The van der Waals surface area contributed by atoms with E-state index in [1.807, 2.05) is 13.8 Å². The third kappa shape index (κ3) is 3.32. The molecule has 2 saturated heterocycles. The molecule has 116 valence electrons. The molecule has 0 unspecified atom stereocenters. The number of likely N-dealkylation sites (tertiary alicyclic amines) is 1. The van der Waals surface area contributed by atoms with Crippen molar-refractivity contribution >= 4 is 23.6 Å². The van der Waals surface area contributed by atoms with Crippen molar-refractivity contribution in [1.82, 2.24) is 20.9 Å². The van der Waals surface area contributed by atoms with Crippen LogP contribution in [0.4, 0.5) is 0 Å². The zero-order valence-electron chi connectivity index (χ0n) is 12.1. The fraction of sp³-hybridized carbons (Fsp3) is 0.692. The van der Waals surface area contributed by atoms with Crippen molar-refractivity contribution in [2.75, 3.05) is 13.1 Å². The van der Waals surface area contributed by atoms with Crippen LogP contribution in [-0.4, -0.2) is 59.7 Å². The fourth-order valence-electron chi connectivity index (χ4n) is 2.57. The summed E-state index contributed by atoms with van der Waals surface area (Å²) in [4.78, 5) is 49.0. The Labute approximate surface area is 122 Å². The molecule has 8 nitrogen and oxygen atoms in total. The summed E-state index contributed by atoms with van der Waals surface area (Å²) in [6.07, 6.45) is 1.26. The molecule has 0 aromatic rings. The van der Waals surface area contributed by atoms with E-state index in [9.17, 15) is 19.2 Å². The van der Waals surface area contributed by atoms with Gasteiger partial charge in [-0.15, -0.1) is 0 Å². The Morgan fingerprint density at radius 1 is 1.33 bits per heavy atom. The molecule has 4 amide bonds. The number of hydrogen-bond donors (Lipinski definition) is 3. The van der Waals surface area contributed by atoms with E-state index < -0.39 is 29.8 Å². The lowest BCUT2D eigenvalue weighted by Crippen LogP contribution is -2.63. The number of nitrogens with zero attached hydrogens (tertiary/aromatic N) is 1. The van der Waals surface area contributed by atoms with E-state index in [0.717, 1.165) is 0 Å². The Kier molecular flexibility index (Phi) is 4.44. The summed E-state index contributed by atoms with van der Waals surface area (Å²) in [5, 5.41) is 7.50. The van der Waals surface area contributed by atoms with Crippen LogP contribution >= 0.6 is 0 Å². The summed E-state index contributed by atoms with van der Waals surface area (Å²) < 4.78 is 0. The fourth-order valence-corrected chi connectivity index (χ4v) is 2.57. The molecule has 2 heterocycles. The molecule has 8 heteroatoms. The lowest BCUT2D eigenvalue weighted by molar-refractivity contribution is -0.147. The molecule has 2 rings (SSSR count). The smallest absolute Gasteiger partial charge is 0.255 e. The van der Waals surface area contributed by atoms with Crippen LogP contribution in [0.2, 0.25) is 0 Å². The molecular formula is C13H20N4O4. The van der Waals surface area contributed by atoms with Gasteiger partial charge in [0.15, 0.2) is 6.04 Å². The van der Waals surface area contributed by atoms with Crippen molar-refractivity contribution in [2.45, 2.75) is 44.8 Å². The van der Waals surface area contributed by atoms with Crippen LogP contribution < -0.4 is 16.0 Å². The van der Waals surface area contributed by atoms with Crippen molar-refractivity contribution in [1.29, 1.82) is 0 Å². The first-order valence-corrected chi connectivity index (χ1v) is 7.08. The minimum Gasteiger partial charge on any atom is -0.352 e. The summed E-state index contributed by atoms with van der Waals surface area (Å²) >= 11 is 0. The average molecular weight is 296 g/mol. The molecule has 0 radical (unpaired) electrons. The standard InChI is InChI=1S/C13H20N4O4/c1-7(2)15-11(19)8-4-3-5-17(8)13(21)10-12(20)14-6-9(18)16-10/h7-8,10H,3-6H2,1-2H3,(H,14,20)(H,15,19)(H,16,18)/t8-,10-/m1/s1. The summed E-state index contributed by atoms with van der Waals surface area (Å²) in [5.74, 6) is -1.69. The van der Waals surface area contributed by atoms with Crippen molar-refractivity contribution in [3.63, 3.8) is 0 Å². The average Bonchev–Trinajstić information content (AvgIpc) is 2.89. The summed E-state index contributed by atoms with van der Waals surface area (Å²) in [7, 11) is 0. The molecule has 0 spiro atoms. The van der Waals surface area contributed by atoms with Gasteiger partial charge in [-0.2, -0.15) is 0 Å². The first-order chi connectivity index (χ1) is 9.90. The van der Waals surface area contributed by atoms with Gasteiger partial charge < -0.3 is 20.9 Å². The number of hydrogen-bond acceptors (Lipinski definition) is 4. The van der Waals surface area contributed by atoms with Crippen LogP contribution in [0, 0.1) is 0 Å². The normalized spacial score (nSPS) is 25.6. The highest BCUT2D eigenvalue weighted by molar-refractivity contribution is 6.10. The molecule has 0 saturated carbocycles. The maximum absolute atomic E-state index is 12.4. The third-order valence-corrected chi connectivity index (χ3v) is 3.51. The number of rotatable bonds is 3. The lowest BCUT2D eigenvalue weighted by Gasteiger charge is -2.30. The minimum atomic E-state index is -1.24. The molecule has 0 bridgehead atoms. The number of nitrogens with one attached hydrogen (secondary N) is 3. The summed E-state index contributed by atoms with van der Waals surface area (Å²) in [6.45, 7) is 3.97. The molecule has 21 heavy (non-hydrogen) atoms. The van der Waals surface area contributed by atoms with E-state index in [2.05, 4.69) is 16.0 Å². The highest BCUT2D eigenvalue weighted by atomic mass is 16.2. The Hall–Kier alpha value is -2.12. The second kappa shape index (κ2) is 6.11. The summed E-state index contributed by atoms with van der Waals surface area (Å²) in [6, 6.07) is -1.84. The van der Waals surface area contributed by atoms with Crippen molar-refractivity contribution in [2.24, 2.45) is 0 Å². The molecule has 3 N–H and O–H groups in total. The van der Waals surface area contributed by atoms with Crippen LogP contribution in [-0.2, 0) is 19.2 Å². The second-order valence-corrected chi connectivity index (χ2v) is 5.57. The minimum absolute atomic E-state index is 0.0206. The Bertz CT molecular complexity index is 477. The van der Waals surface area contributed by atoms with Gasteiger partial charge in [-0.25, -0.2) is 0 Å². The van der Waals surface area contributed by atoms with Crippen LogP contribution in [0.15, 0.2) is 0 Å². The third-order valence-electron chi connectivity index (χ3n) is 3.51. The van der Waals surface area contributed by atoms with Gasteiger partial charge >= 0.3 is 0 Å². The van der Waals surface area contributed by atoms with Gasteiger partial charge in [-0.3, -0.25) is 19.2 Å².